The van der Waals surface area contributed by atoms with Crippen LogP contribution in [0.4, 0.5) is 0 Å². The van der Waals surface area contributed by atoms with Crippen LogP contribution >= 0.6 is 12.6 Å². The molecule has 2 rings (SSSR count). The number of nitrogens with zero attached hydrogens (tertiary/aromatic N) is 1. The van der Waals surface area contributed by atoms with E-state index in [4.69, 9.17) is 0 Å². The number of rotatable bonds is 4. The first-order valence-electron chi connectivity index (χ1n) is 6.44. The zero-order valence-corrected chi connectivity index (χ0v) is 10.7. The lowest BCUT2D eigenvalue weighted by atomic mass is 9.89. The lowest BCUT2D eigenvalue weighted by Gasteiger charge is -2.41. The molecule has 92 valence electrons. The van der Waals surface area contributed by atoms with E-state index in [0.29, 0.717) is 18.2 Å². The Labute approximate surface area is 103 Å². The number of likely N-dealkylation sites (tertiary alicyclic amines) is 1. The lowest BCUT2D eigenvalue weighted by Crippen LogP contribution is -2.49. The molecule has 2 fully saturated rings. The van der Waals surface area contributed by atoms with Crippen molar-refractivity contribution in [3.8, 4) is 0 Å². The van der Waals surface area contributed by atoms with Crippen LogP contribution in [-0.2, 0) is 4.79 Å². The summed E-state index contributed by atoms with van der Waals surface area (Å²) in [5, 5.41) is 3.10. The highest BCUT2D eigenvalue weighted by molar-refractivity contribution is 7.80. The van der Waals surface area contributed by atoms with Crippen molar-refractivity contribution in [1.29, 1.82) is 0 Å². The predicted octanol–water partition coefficient (Wildman–Crippen LogP) is 1.44. The summed E-state index contributed by atoms with van der Waals surface area (Å²) in [6.45, 7) is 2.33. The third kappa shape index (κ3) is 3.14. The molecule has 0 radical (unpaired) electrons. The van der Waals surface area contributed by atoms with Crippen molar-refractivity contribution in [3.05, 3.63) is 0 Å². The highest BCUT2D eigenvalue weighted by atomic mass is 32.1. The molecule has 0 aromatic carbocycles. The number of amides is 1. The van der Waals surface area contributed by atoms with Crippen LogP contribution in [-0.4, -0.2) is 41.7 Å². The first-order chi connectivity index (χ1) is 7.79. The Hall–Kier alpha value is -0.220. The second-order valence-corrected chi connectivity index (χ2v) is 5.38. The summed E-state index contributed by atoms with van der Waals surface area (Å²) in [4.78, 5) is 14.0. The zero-order chi connectivity index (χ0) is 11.4. The molecule has 1 aliphatic carbocycles. The Morgan fingerprint density at radius 1 is 1.25 bits per heavy atom. The van der Waals surface area contributed by atoms with Crippen molar-refractivity contribution in [3.63, 3.8) is 0 Å². The number of carbonyl (C=O) groups excluding carboxylic acids is 1. The van der Waals surface area contributed by atoms with Crippen LogP contribution in [0.25, 0.3) is 0 Å². The Kier molecular flexibility index (Phi) is 4.53. The average Bonchev–Trinajstić information content (AvgIpc) is 2.18. The van der Waals surface area contributed by atoms with Crippen molar-refractivity contribution >= 4 is 18.5 Å². The van der Waals surface area contributed by atoms with Crippen molar-refractivity contribution in [2.24, 2.45) is 0 Å². The molecule has 1 aliphatic heterocycles. The minimum atomic E-state index is 0.164. The molecule has 1 heterocycles. The van der Waals surface area contributed by atoms with E-state index in [1.165, 1.54) is 19.3 Å². The van der Waals surface area contributed by atoms with Gasteiger partial charge in [-0.25, -0.2) is 0 Å². The fourth-order valence-corrected chi connectivity index (χ4v) is 2.77. The number of nitrogens with one attached hydrogen (secondary N) is 1. The topological polar surface area (TPSA) is 32.3 Å². The highest BCUT2D eigenvalue weighted by Crippen LogP contribution is 2.27. The van der Waals surface area contributed by atoms with Gasteiger partial charge in [0.05, 0.1) is 0 Å². The summed E-state index contributed by atoms with van der Waals surface area (Å²) in [6, 6.07) is 1.26. The van der Waals surface area contributed by atoms with E-state index in [-0.39, 0.29) is 5.91 Å². The summed E-state index contributed by atoms with van der Waals surface area (Å²) in [6.07, 6.45) is 6.96. The van der Waals surface area contributed by atoms with Crippen LogP contribution in [0.5, 0.6) is 0 Å². The van der Waals surface area contributed by atoms with Gasteiger partial charge in [-0.15, -0.1) is 0 Å². The number of hydrogen-bond donors (Lipinski definition) is 2. The zero-order valence-electron chi connectivity index (χ0n) is 9.82. The number of piperidine rings is 1. The molecule has 3 nitrogen and oxygen atoms in total. The van der Waals surface area contributed by atoms with Crippen LogP contribution in [0.1, 0.15) is 38.5 Å². The molecule has 1 saturated carbocycles. The van der Waals surface area contributed by atoms with Gasteiger partial charge in [0.15, 0.2) is 0 Å². The quantitative estimate of drug-likeness (QED) is 0.731. The summed E-state index contributed by atoms with van der Waals surface area (Å²) in [7, 11) is 0. The van der Waals surface area contributed by atoms with E-state index in [9.17, 15) is 4.79 Å². The minimum Gasteiger partial charge on any atom is -0.353 e. The van der Waals surface area contributed by atoms with Crippen LogP contribution in [0, 0.1) is 0 Å². The van der Waals surface area contributed by atoms with Gasteiger partial charge in [0.25, 0.3) is 0 Å². The monoisotopic (exact) mass is 242 g/mol. The van der Waals surface area contributed by atoms with Crippen LogP contribution in [0.3, 0.4) is 0 Å². The molecule has 0 bridgehead atoms. The van der Waals surface area contributed by atoms with Gasteiger partial charge >= 0.3 is 0 Å². The second-order valence-electron chi connectivity index (χ2n) is 4.94. The maximum atomic E-state index is 11.4. The van der Waals surface area contributed by atoms with Gasteiger partial charge in [-0.2, -0.15) is 12.6 Å². The van der Waals surface area contributed by atoms with Gasteiger partial charge in [0.2, 0.25) is 5.91 Å². The second kappa shape index (κ2) is 5.92. The van der Waals surface area contributed by atoms with E-state index >= 15 is 0 Å². The Balaban J connectivity index is 1.66. The minimum absolute atomic E-state index is 0.164. The molecule has 0 unspecified atom stereocenters. The van der Waals surface area contributed by atoms with E-state index in [1.54, 1.807) is 0 Å². The Morgan fingerprint density at radius 3 is 2.44 bits per heavy atom. The Morgan fingerprint density at radius 2 is 1.94 bits per heavy atom. The normalized spacial score (nSPS) is 24.1. The largest absolute Gasteiger partial charge is 0.353 e. The van der Waals surface area contributed by atoms with Gasteiger partial charge in [0, 0.05) is 31.6 Å². The molecule has 0 atom stereocenters. The third-order valence-corrected chi connectivity index (χ3v) is 4.05. The SMILES string of the molecule is O=C(CCS)NC1CCN(C2CCC2)CC1. The van der Waals surface area contributed by atoms with E-state index in [2.05, 4.69) is 22.8 Å². The summed E-state index contributed by atoms with van der Waals surface area (Å²) in [5.41, 5.74) is 0. The number of hydrogen-bond acceptors (Lipinski definition) is 3. The summed E-state index contributed by atoms with van der Waals surface area (Å²) < 4.78 is 0. The predicted molar refractivity (Wildman–Crippen MR) is 68.8 cm³/mol. The van der Waals surface area contributed by atoms with Crippen molar-refractivity contribution in [2.45, 2.75) is 50.6 Å². The molecule has 1 N–H and O–H groups in total. The highest BCUT2D eigenvalue weighted by Gasteiger charge is 2.28. The molecular weight excluding hydrogens is 220 g/mol. The molecule has 1 saturated heterocycles. The molecule has 16 heavy (non-hydrogen) atoms. The first-order valence-corrected chi connectivity index (χ1v) is 7.07. The van der Waals surface area contributed by atoms with E-state index < -0.39 is 0 Å². The molecule has 2 aliphatic rings. The fourth-order valence-electron chi connectivity index (χ4n) is 2.56. The first kappa shape index (κ1) is 12.2. The van der Waals surface area contributed by atoms with Gasteiger partial charge in [-0.3, -0.25) is 4.79 Å². The third-order valence-electron chi connectivity index (χ3n) is 3.82. The van der Waals surface area contributed by atoms with Gasteiger partial charge in [0.1, 0.15) is 0 Å². The Bertz CT molecular complexity index is 235. The van der Waals surface area contributed by atoms with Crippen molar-refractivity contribution < 1.29 is 4.79 Å². The van der Waals surface area contributed by atoms with Crippen LogP contribution in [0.2, 0.25) is 0 Å². The smallest absolute Gasteiger partial charge is 0.221 e. The maximum absolute atomic E-state index is 11.4. The number of thiol groups is 1. The van der Waals surface area contributed by atoms with E-state index in [1.807, 2.05) is 0 Å². The fraction of sp³-hybridized carbons (Fsp3) is 0.917. The summed E-state index contributed by atoms with van der Waals surface area (Å²) >= 11 is 4.07. The molecule has 0 aromatic heterocycles. The molecule has 1 amide bonds. The molecule has 0 aromatic rings. The van der Waals surface area contributed by atoms with Crippen molar-refractivity contribution in [1.82, 2.24) is 10.2 Å². The van der Waals surface area contributed by atoms with Crippen LogP contribution in [0.15, 0.2) is 0 Å². The van der Waals surface area contributed by atoms with Gasteiger partial charge in [-0.1, -0.05) is 6.42 Å². The maximum Gasteiger partial charge on any atom is 0.221 e. The van der Waals surface area contributed by atoms with E-state index in [0.717, 1.165) is 32.0 Å². The van der Waals surface area contributed by atoms with Crippen molar-refractivity contribution in [2.75, 3.05) is 18.8 Å². The molecular formula is C12H22N2OS. The molecule has 0 spiro atoms. The van der Waals surface area contributed by atoms with Gasteiger partial charge < -0.3 is 10.2 Å². The van der Waals surface area contributed by atoms with Gasteiger partial charge in [-0.05, 0) is 31.4 Å². The number of carbonyl (C=O) groups is 1. The average molecular weight is 242 g/mol. The standard InChI is InChI=1S/C12H22N2OS/c15-12(6-9-16)13-10-4-7-14(8-5-10)11-2-1-3-11/h10-11,16H,1-9H2,(H,13,15). The molecule has 4 heteroatoms. The lowest BCUT2D eigenvalue weighted by molar-refractivity contribution is -0.121. The summed E-state index contributed by atoms with van der Waals surface area (Å²) in [5.74, 6) is 0.810. The van der Waals surface area contributed by atoms with Crippen LogP contribution < -0.4 is 5.32 Å².